The van der Waals surface area contributed by atoms with Crippen LogP contribution in [0.25, 0.3) is 0 Å². The third-order valence-electron chi connectivity index (χ3n) is 3.62. The number of ether oxygens (including phenoxy) is 1. The first-order chi connectivity index (χ1) is 11.9. The molecule has 1 aromatic heterocycles. The third-order valence-corrected chi connectivity index (χ3v) is 4.08. The number of anilines is 1. The average Bonchev–Trinajstić information content (AvgIpc) is 2.54. The van der Waals surface area contributed by atoms with Gasteiger partial charge in [0.15, 0.2) is 5.82 Å². The van der Waals surface area contributed by atoms with E-state index >= 15 is 0 Å². The fourth-order valence-corrected chi connectivity index (χ4v) is 2.97. The zero-order valence-electron chi connectivity index (χ0n) is 13.3. The van der Waals surface area contributed by atoms with Gasteiger partial charge in [0, 0.05) is 10.2 Å². The summed E-state index contributed by atoms with van der Waals surface area (Å²) in [5.74, 6) is -0.865. The number of aromatic nitrogens is 2. The first-order valence-electron chi connectivity index (χ1n) is 7.38. The number of nitrogens with two attached hydrogens (primary N) is 1. The second-order valence-corrected chi connectivity index (χ2v) is 6.69. The number of hydrogen-bond donors (Lipinski definition) is 2. The molecule has 1 aliphatic heterocycles. The summed E-state index contributed by atoms with van der Waals surface area (Å²) >= 11 is 3.42. The Hall–Kier alpha value is -2.39. The van der Waals surface area contributed by atoms with Crippen molar-refractivity contribution >= 4 is 33.4 Å². The lowest BCUT2D eigenvalue weighted by atomic mass is 9.92. The lowest BCUT2D eigenvalue weighted by Gasteiger charge is -2.30. The van der Waals surface area contributed by atoms with E-state index in [1.54, 1.807) is 12.1 Å². The monoisotopic (exact) mass is 407 g/mol. The molecule has 1 atom stereocenters. The normalized spacial score (nSPS) is 20.0. The first-order valence-corrected chi connectivity index (χ1v) is 8.17. The Morgan fingerprint density at radius 2 is 2.08 bits per heavy atom. The standard InChI is InChI=1S/C16H15BrFN5O2/c1-16(8-25-7-13(19)23-16)9-2-10(17)4-12(3-9)22-15(24)14-20-5-11(18)6-21-14/h2-6H,7-8H2,1H3,(H2,19,23)(H,22,24)/t16-/m0/s1. The molecular formula is C16H15BrFN5O2. The zero-order valence-corrected chi connectivity index (χ0v) is 14.9. The molecular weight excluding hydrogens is 393 g/mol. The molecule has 0 saturated carbocycles. The maximum Gasteiger partial charge on any atom is 0.293 e. The number of halogens is 2. The van der Waals surface area contributed by atoms with E-state index in [1.165, 1.54) is 0 Å². The topological polar surface area (TPSA) is 102 Å². The van der Waals surface area contributed by atoms with Crippen LogP contribution in [0, 0.1) is 5.82 Å². The molecule has 0 spiro atoms. The molecule has 2 heterocycles. The van der Waals surface area contributed by atoms with Crippen LogP contribution in [0.15, 0.2) is 40.1 Å². The Kier molecular flexibility index (Phi) is 4.78. The Morgan fingerprint density at radius 1 is 1.36 bits per heavy atom. The van der Waals surface area contributed by atoms with Gasteiger partial charge in [0.2, 0.25) is 5.82 Å². The van der Waals surface area contributed by atoms with E-state index in [9.17, 15) is 9.18 Å². The molecule has 1 aromatic carbocycles. The Bertz CT molecular complexity index is 843. The van der Waals surface area contributed by atoms with Gasteiger partial charge in [-0.1, -0.05) is 15.9 Å². The Balaban J connectivity index is 1.88. The fourth-order valence-electron chi connectivity index (χ4n) is 2.47. The summed E-state index contributed by atoms with van der Waals surface area (Å²) < 4.78 is 19.1. The summed E-state index contributed by atoms with van der Waals surface area (Å²) in [6.07, 6.45) is 1.87. The number of hydrogen-bond acceptors (Lipinski definition) is 6. The molecule has 3 N–H and O–H groups in total. The predicted molar refractivity (Wildman–Crippen MR) is 93.9 cm³/mol. The average molecular weight is 408 g/mol. The molecule has 1 amide bonds. The maximum atomic E-state index is 12.9. The van der Waals surface area contributed by atoms with Crippen LogP contribution in [-0.4, -0.2) is 34.9 Å². The van der Waals surface area contributed by atoms with Gasteiger partial charge in [-0.2, -0.15) is 0 Å². The van der Waals surface area contributed by atoms with Crippen molar-refractivity contribution in [1.82, 2.24) is 9.97 Å². The Labute approximate surface area is 151 Å². The van der Waals surface area contributed by atoms with Crippen LogP contribution >= 0.6 is 15.9 Å². The number of rotatable bonds is 3. The minimum absolute atomic E-state index is 0.127. The number of carbonyl (C=O) groups excluding carboxylic acids is 1. The van der Waals surface area contributed by atoms with Gasteiger partial charge in [0.1, 0.15) is 18.0 Å². The van der Waals surface area contributed by atoms with E-state index in [-0.39, 0.29) is 5.82 Å². The van der Waals surface area contributed by atoms with Crippen molar-refractivity contribution in [2.24, 2.45) is 10.7 Å². The third kappa shape index (κ3) is 3.99. The molecule has 0 saturated heterocycles. The van der Waals surface area contributed by atoms with Crippen LogP contribution in [0.1, 0.15) is 23.1 Å². The summed E-state index contributed by atoms with van der Waals surface area (Å²) in [5.41, 5.74) is 6.47. The minimum atomic E-state index is -0.655. The van der Waals surface area contributed by atoms with E-state index in [0.717, 1.165) is 22.4 Å². The second kappa shape index (κ2) is 6.85. The molecule has 0 bridgehead atoms. The van der Waals surface area contributed by atoms with Crippen LogP contribution in [0.2, 0.25) is 0 Å². The van der Waals surface area contributed by atoms with Gasteiger partial charge < -0.3 is 15.8 Å². The highest BCUT2D eigenvalue weighted by atomic mass is 79.9. The molecule has 7 nitrogen and oxygen atoms in total. The molecule has 0 radical (unpaired) electrons. The smallest absolute Gasteiger partial charge is 0.293 e. The fraction of sp³-hybridized carbons (Fsp3) is 0.250. The highest BCUT2D eigenvalue weighted by Gasteiger charge is 2.30. The number of benzene rings is 1. The Morgan fingerprint density at radius 3 is 2.76 bits per heavy atom. The highest BCUT2D eigenvalue weighted by molar-refractivity contribution is 9.10. The van der Waals surface area contributed by atoms with Gasteiger partial charge in [-0.3, -0.25) is 9.79 Å². The van der Waals surface area contributed by atoms with Crippen molar-refractivity contribution in [2.75, 3.05) is 18.5 Å². The molecule has 0 aliphatic carbocycles. The molecule has 0 fully saturated rings. The van der Waals surface area contributed by atoms with Gasteiger partial charge in [0.25, 0.3) is 5.91 Å². The predicted octanol–water partition coefficient (Wildman–Crippen LogP) is 2.23. The van der Waals surface area contributed by atoms with Crippen molar-refractivity contribution in [3.05, 3.63) is 52.3 Å². The summed E-state index contributed by atoms with van der Waals surface area (Å²) in [6.45, 7) is 2.57. The van der Waals surface area contributed by atoms with Crippen molar-refractivity contribution in [1.29, 1.82) is 0 Å². The van der Waals surface area contributed by atoms with E-state index in [4.69, 9.17) is 10.5 Å². The number of amidine groups is 1. The van der Waals surface area contributed by atoms with E-state index < -0.39 is 17.3 Å². The van der Waals surface area contributed by atoms with Gasteiger partial charge in [0.05, 0.1) is 19.0 Å². The zero-order chi connectivity index (χ0) is 18.0. The largest absolute Gasteiger partial charge is 0.386 e. The number of carbonyl (C=O) groups is 1. The number of nitrogens with one attached hydrogen (secondary N) is 1. The summed E-state index contributed by atoms with van der Waals surface area (Å²) in [5, 5.41) is 2.69. The van der Waals surface area contributed by atoms with Crippen LogP contribution in [0.3, 0.4) is 0 Å². The van der Waals surface area contributed by atoms with Gasteiger partial charge in [-0.05, 0) is 30.7 Å². The molecule has 2 aromatic rings. The summed E-state index contributed by atoms with van der Waals surface area (Å²) in [6, 6.07) is 5.39. The second-order valence-electron chi connectivity index (χ2n) is 5.78. The van der Waals surface area contributed by atoms with Gasteiger partial charge in [-0.25, -0.2) is 14.4 Å². The van der Waals surface area contributed by atoms with E-state index in [0.29, 0.717) is 24.7 Å². The first kappa shape index (κ1) is 17.4. The molecule has 0 unspecified atom stereocenters. The molecule has 130 valence electrons. The summed E-state index contributed by atoms with van der Waals surface area (Å²) in [4.78, 5) is 24.0. The van der Waals surface area contributed by atoms with Crippen LogP contribution in [0.4, 0.5) is 10.1 Å². The van der Waals surface area contributed by atoms with Crippen LogP contribution < -0.4 is 11.1 Å². The van der Waals surface area contributed by atoms with Gasteiger partial charge in [-0.15, -0.1) is 0 Å². The van der Waals surface area contributed by atoms with E-state index in [2.05, 4.69) is 36.2 Å². The number of aliphatic imine (C=N–C) groups is 1. The summed E-state index contributed by atoms with van der Waals surface area (Å²) in [7, 11) is 0. The highest BCUT2D eigenvalue weighted by Crippen LogP contribution is 2.32. The molecule has 25 heavy (non-hydrogen) atoms. The SMILES string of the molecule is C[C@@]1(c2cc(Br)cc(NC(=O)c3ncc(F)cn3)c2)COCC(N)=N1. The lowest BCUT2D eigenvalue weighted by Crippen LogP contribution is -2.37. The molecule has 1 aliphatic rings. The quantitative estimate of drug-likeness (QED) is 0.811. The number of amides is 1. The molecule has 3 rings (SSSR count). The van der Waals surface area contributed by atoms with Crippen molar-refractivity contribution in [3.63, 3.8) is 0 Å². The lowest BCUT2D eigenvalue weighted by molar-refractivity contribution is 0.101. The van der Waals surface area contributed by atoms with Crippen LogP contribution in [-0.2, 0) is 10.3 Å². The van der Waals surface area contributed by atoms with Crippen molar-refractivity contribution in [2.45, 2.75) is 12.5 Å². The van der Waals surface area contributed by atoms with Crippen LogP contribution in [0.5, 0.6) is 0 Å². The maximum absolute atomic E-state index is 12.9. The van der Waals surface area contributed by atoms with Crippen molar-refractivity contribution in [3.8, 4) is 0 Å². The van der Waals surface area contributed by atoms with Gasteiger partial charge >= 0.3 is 0 Å². The molecule has 9 heteroatoms. The van der Waals surface area contributed by atoms with E-state index in [1.807, 2.05) is 13.0 Å². The van der Waals surface area contributed by atoms with Crippen molar-refractivity contribution < 1.29 is 13.9 Å². The minimum Gasteiger partial charge on any atom is -0.386 e. The number of nitrogens with zero attached hydrogens (tertiary/aromatic N) is 3.